The molecule has 0 atom stereocenters. The van der Waals surface area contributed by atoms with E-state index in [-0.39, 0.29) is 5.69 Å². The van der Waals surface area contributed by atoms with Gasteiger partial charge in [-0.25, -0.2) is 0 Å². The van der Waals surface area contributed by atoms with Crippen LogP contribution < -0.4 is 5.32 Å². The lowest BCUT2D eigenvalue weighted by molar-refractivity contribution is -0.385. The summed E-state index contributed by atoms with van der Waals surface area (Å²) in [6.45, 7) is 4.34. The predicted molar refractivity (Wildman–Crippen MR) is 81.3 cm³/mol. The molecule has 2 aromatic rings. The van der Waals surface area contributed by atoms with Gasteiger partial charge in [0.15, 0.2) is 0 Å². The highest BCUT2D eigenvalue weighted by atomic mass is 35.5. The Hall–Kier alpha value is -2.07. The van der Waals surface area contributed by atoms with Gasteiger partial charge < -0.3 is 5.32 Å². The molecule has 0 saturated carbocycles. The van der Waals surface area contributed by atoms with E-state index < -0.39 is 4.92 Å². The van der Waals surface area contributed by atoms with Gasteiger partial charge in [-0.1, -0.05) is 35.4 Å². The van der Waals surface area contributed by atoms with Gasteiger partial charge in [-0.15, -0.1) is 0 Å². The number of anilines is 1. The molecule has 0 unspecified atom stereocenters. The SMILES string of the molecule is Cc1ccc(NCc2c(Cl)cccc2[N+](=O)[O-])c(C)c1. The lowest BCUT2D eigenvalue weighted by Gasteiger charge is -2.11. The third-order valence-corrected chi connectivity index (χ3v) is 3.48. The van der Waals surface area contributed by atoms with Crippen molar-refractivity contribution in [1.82, 2.24) is 0 Å². The van der Waals surface area contributed by atoms with Crippen LogP contribution in [0.4, 0.5) is 11.4 Å². The van der Waals surface area contributed by atoms with Crippen LogP contribution in [0.25, 0.3) is 0 Å². The van der Waals surface area contributed by atoms with Crippen LogP contribution in [0.1, 0.15) is 16.7 Å². The van der Waals surface area contributed by atoms with Gasteiger partial charge in [0.25, 0.3) is 5.69 Å². The number of nitrogens with one attached hydrogen (secondary N) is 1. The van der Waals surface area contributed by atoms with Gasteiger partial charge in [-0.3, -0.25) is 10.1 Å². The maximum atomic E-state index is 11.0. The average Bonchev–Trinajstić information content (AvgIpc) is 2.38. The molecule has 2 rings (SSSR count). The molecule has 104 valence electrons. The third-order valence-electron chi connectivity index (χ3n) is 3.13. The second-order valence-electron chi connectivity index (χ2n) is 4.67. The topological polar surface area (TPSA) is 55.2 Å². The van der Waals surface area contributed by atoms with Gasteiger partial charge in [0.05, 0.1) is 15.5 Å². The fourth-order valence-electron chi connectivity index (χ4n) is 2.09. The molecule has 20 heavy (non-hydrogen) atoms. The number of aryl methyl sites for hydroxylation is 2. The first kappa shape index (κ1) is 14.3. The zero-order valence-electron chi connectivity index (χ0n) is 11.3. The first-order chi connectivity index (χ1) is 9.49. The fraction of sp³-hybridized carbons (Fsp3) is 0.200. The first-order valence-electron chi connectivity index (χ1n) is 6.22. The Kier molecular flexibility index (Phi) is 4.25. The Morgan fingerprint density at radius 1 is 1.25 bits per heavy atom. The predicted octanol–water partition coefficient (Wildman–Crippen LogP) is 4.48. The van der Waals surface area contributed by atoms with E-state index in [0.717, 1.165) is 11.3 Å². The molecule has 0 aliphatic carbocycles. The molecule has 0 radical (unpaired) electrons. The zero-order chi connectivity index (χ0) is 14.7. The molecule has 0 aromatic heterocycles. The normalized spacial score (nSPS) is 10.3. The number of hydrogen-bond donors (Lipinski definition) is 1. The van der Waals surface area contributed by atoms with E-state index in [1.165, 1.54) is 11.6 Å². The lowest BCUT2D eigenvalue weighted by atomic mass is 10.1. The van der Waals surface area contributed by atoms with Crippen LogP contribution in [0.3, 0.4) is 0 Å². The van der Waals surface area contributed by atoms with E-state index in [0.29, 0.717) is 17.1 Å². The Bertz CT molecular complexity index is 656. The van der Waals surface area contributed by atoms with Gasteiger partial charge in [-0.05, 0) is 31.5 Å². The second kappa shape index (κ2) is 5.92. The Labute approximate surface area is 122 Å². The molecule has 0 aliphatic heterocycles. The smallest absolute Gasteiger partial charge is 0.275 e. The highest BCUT2D eigenvalue weighted by Crippen LogP contribution is 2.27. The summed E-state index contributed by atoms with van der Waals surface area (Å²) in [6.07, 6.45) is 0. The van der Waals surface area contributed by atoms with Crippen molar-refractivity contribution < 1.29 is 4.92 Å². The zero-order valence-corrected chi connectivity index (χ0v) is 12.1. The van der Waals surface area contributed by atoms with Gasteiger partial charge in [0.2, 0.25) is 0 Å². The molecule has 0 saturated heterocycles. The summed E-state index contributed by atoms with van der Waals surface area (Å²) in [5.74, 6) is 0. The molecule has 0 aliphatic rings. The van der Waals surface area contributed by atoms with Gasteiger partial charge in [0.1, 0.15) is 0 Å². The number of benzene rings is 2. The fourth-order valence-corrected chi connectivity index (χ4v) is 2.33. The van der Waals surface area contributed by atoms with Crippen LogP contribution in [0, 0.1) is 24.0 Å². The van der Waals surface area contributed by atoms with Crippen molar-refractivity contribution in [3.8, 4) is 0 Å². The summed E-state index contributed by atoms with van der Waals surface area (Å²) in [5.41, 5.74) is 3.76. The van der Waals surface area contributed by atoms with E-state index in [4.69, 9.17) is 11.6 Å². The van der Waals surface area contributed by atoms with Crippen LogP contribution in [-0.2, 0) is 6.54 Å². The van der Waals surface area contributed by atoms with E-state index in [1.807, 2.05) is 26.0 Å². The molecular weight excluding hydrogens is 276 g/mol. The maximum Gasteiger partial charge on any atom is 0.275 e. The number of nitro benzene ring substituents is 1. The van der Waals surface area contributed by atoms with Crippen molar-refractivity contribution in [2.75, 3.05) is 5.32 Å². The Morgan fingerprint density at radius 2 is 2.00 bits per heavy atom. The summed E-state index contributed by atoms with van der Waals surface area (Å²) in [6, 6.07) is 10.7. The standard InChI is InChI=1S/C15H15ClN2O2/c1-10-6-7-14(11(2)8-10)17-9-12-13(16)4-3-5-15(12)18(19)20/h3-8,17H,9H2,1-2H3. The highest BCUT2D eigenvalue weighted by molar-refractivity contribution is 6.31. The second-order valence-corrected chi connectivity index (χ2v) is 5.07. The molecule has 2 aromatic carbocycles. The van der Waals surface area contributed by atoms with E-state index in [1.54, 1.807) is 12.1 Å². The van der Waals surface area contributed by atoms with Crippen molar-refractivity contribution in [1.29, 1.82) is 0 Å². The highest BCUT2D eigenvalue weighted by Gasteiger charge is 2.16. The minimum atomic E-state index is -0.412. The van der Waals surface area contributed by atoms with Gasteiger partial charge >= 0.3 is 0 Å². The molecule has 0 amide bonds. The van der Waals surface area contributed by atoms with E-state index >= 15 is 0 Å². The van der Waals surface area contributed by atoms with Crippen molar-refractivity contribution in [3.05, 3.63) is 68.2 Å². The van der Waals surface area contributed by atoms with Crippen LogP contribution in [0.2, 0.25) is 5.02 Å². The molecule has 5 heteroatoms. The summed E-state index contributed by atoms with van der Waals surface area (Å²) < 4.78 is 0. The number of nitro groups is 1. The largest absolute Gasteiger partial charge is 0.380 e. The number of rotatable bonds is 4. The number of halogens is 1. The summed E-state index contributed by atoms with van der Waals surface area (Å²) in [7, 11) is 0. The Morgan fingerprint density at radius 3 is 2.65 bits per heavy atom. The first-order valence-corrected chi connectivity index (χ1v) is 6.59. The number of nitrogens with zero attached hydrogens (tertiary/aromatic N) is 1. The summed E-state index contributed by atoms with van der Waals surface area (Å²) >= 11 is 6.06. The quantitative estimate of drug-likeness (QED) is 0.667. The molecule has 0 fully saturated rings. The summed E-state index contributed by atoms with van der Waals surface area (Å²) in [4.78, 5) is 10.6. The average molecular weight is 291 g/mol. The molecular formula is C15H15ClN2O2. The van der Waals surface area contributed by atoms with E-state index in [2.05, 4.69) is 11.4 Å². The molecule has 4 nitrogen and oxygen atoms in total. The summed E-state index contributed by atoms with van der Waals surface area (Å²) in [5, 5.41) is 14.6. The molecule has 0 heterocycles. The minimum absolute atomic E-state index is 0.0368. The van der Waals surface area contributed by atoms with Crippen molar-refractivity contribution >= 4 is 23.0 Å². The molecule has 0 spiro atoms. The van der Waals surface area contributed by atoms with E-state index in [9.17, 15) is 10.1 Å². The number of hydrogen-bond acceptors (Lipinski definition) is 3. The third kappa shape index (κ3) is 3.08. The molecule has 0 bridgehead atoms. The van der Waals surface area contributed by atoms with Crippen molar-refractivity contribution in [2.45, 2.75) is 20.4 Å². The lowest BCUT2D eigenvalue weighted by Crippen LogP contribution is -2.05. The molecule has 1 N–H and O–H groups in total. The van der Waals surface area contributed by atoms with Gasteiger partial charge in [-0.2, -0.15) is 0 Å². The maximum absolute atomic E-state index is 11.0. The monoisotopic (exact) mass is 290 g/mol. The van der Waals surface area contributed by atoms with Crippen molar-refractivity contribution in [3.63, 3.8) is 0 Å². The van der Waals surface area contributed by atoms with Crippen LogP contribution in [0.15, 0.2) is 36.4 Å². The van der Waals surface area contributed by atoms with Crippen LogP contribution >= 0.6 is 11.6 Å². The van der Waals surface area contributed by atoms with Gasteiger partial charge in [0, 0.05) is 18.3 Å². The Balaban J connectivity index is 2.25. The van der Waals surface area contributed by atoms with Crippen LogP contribution in [0.5, 0.6) is 0 Å². The van der Waals surface area contributed by atoms with Crippen LogP contribution in [-0.4, -0.2) is 4.92 Å². The van der Waals surface area contributed by atoms with Crippen molar-refractivity contribution in [2.24, 2.45) is 0 Å². The minimum Gasteiger partial charge on any atom is -0.380 e.